The molecule has 0 amide bonds. The van der Waals surface area contributed by atoms with Crippen LogP contribution in [0.15, 0.2) is 35.5 Å². The predicted octanol–water partition coefficient (Wildman–Crippen LogP) is 9.29. The monoisotopic (exact) mass is 583 g/mol. The zero-order valence-electron chi connectivity index (χ0n) is 27.0. The van der Waals surface area contributed by atoms with Gasteiger partial charge in [0.2, 0.25) is 0 Å². The zero-order chi connectivity index (χ0) is 28.9. The average molecular weight is 584 g/mol. The Morgan fingerprint density at radius 3 is 2.12 bits per heavy atom. The Morgan fingerprint density at radius 1 is 0.800 bits per heavy atom. The van der Waals surface area contributed by atoms with Crippen molar-refractivity contribution in [3.05, 3.63) is 35.9 Å². The van der Waals surface area contributed by atoms with Crippen molar-refractivity contribution in [1.29, 1.82) is 0 Å². The highest BCUT2D eigenvalue weighted by Gasteiger charge is 2.63. The third-order valence-electron chi connectivity index (χ3n) is 11.4. The lowest BCUT2D eigenvalue weighted by Crippen LogP contribution is -2.60. The fourth-order valence-electron chi connectivity index (χ4n) is 9.96. The van der Waals surface area contributed by atoms with Crippen molar-refractivity contribution in [2.24, 2.45) is 45.6 Å². The molecule has 0 spiro atoms. The maximum atomic E-state index is 7.14. The molecule has 4 aliphatic carbocycles. The Hall–Kier alpha value is -0.956. The van der Waals surface area contributed by atoms with Crippen LogP contribution in [0.25, 0.3) is 0 Å². The van der Waals surface area contributed by atoms with Crippen LogP contribution in [0.1, 0.15) is 77.7 Å². The van der Waals surface area contributed by atoms with Gasteiger partial charge >= 0.3 is 0 Å². The molecule has 0 aromatic heterocycles. The third kappa shape index (κ3) is 6.21. The van der Waals surface area contributed by atoms with E-state index >= 15 is 0 Å². The van der Waals surface area contributed by atoms with Gasteiger partial charge in [-0.15, -0.1) is 0 Å². The van der Waals surface area contributed by atoms with E-state index in [0.29, 0.717) is 41.5 Å². The Kier molecular flexibility index (Phi) is 8.60. The van der Waals surface area contributed by atoms with E-state index in [0.717, 1.165) is 17.8 Å². The summed E-state index contributed by atoms with van der Waals surface area (Å²) in [7, 11) is -3.23. The Morgan fingerprint density at radius 2 is 1.45 bits per heavy atom. The molecule has 0 bridgehead atoms. The average Bonchev–Trinajstić information content (AvgIpc) is 3.21. The van der Waals surface area contributed by atoms with Crippen LogP contribution in [-0.2, 0) is 20.3 Å². The first-order valence-electron chi connectivity index (χ1n) is 16.3. The molecular weight excluding hydrogens is 527 g/mol. The quantitative estimate of drug-likeness (QED) is 0.174. The second-order valence-electron chi connectivity index (χ2n) is 16.3. The molecule has 9 atom stereocenters. The predicted molar refractivity (Wildman–Crippen MR) is 171 cm³/mol. The summed E-state index contributed by atoms with van der Waals surface area (Å²) in [4.78, 5) is 5.89. The van der Waals surface area contributed by atoms with Crippen LogP contribution in [0.3, 0.4) is 0 Å². The molecule has 40 heavy (non-hydrogen) atoms. The Bertz CT molecular complexity index is 1050. The summed E-state index contributed by atoms with van der Waals surface area (Å²) in [6.45, 7) is 22.3. The van der Waals surface area contributed by atoms with E-state index < -0.39 is 16.6 Å². The molecule has 0 saturated heterocycles. The molecule has 0 N–H and O–H groups in total. The van der Waals surface area contributed by atoms with Gasteiger partial charge in [0, 0.05) is 18.1 Å². The molecule has 4 fully saturated rings. The highest BCUT2D eigenvalue weighted by Crippen LogP contribution is 2.68. The molecule has 0 heterocycles. The first-order chi connectivity index (χ1) is 18.7. The second kappa shape index (κ2) is 11.3. The molecule has 0 radical (unpaired) electrons. The van der Waals surface area contributed by atoms with Crippen LogP contribution in [0.5, 0.6) is 0 Å². The minimum absolute atomic E-state index is 0.315. The summed E-state index contributed by atoms with van der Waals surface area (Å²) < 4.78 is 13.9. The zero-order valence-corrected chi connectivity index (χ0v) is 29.0. The van der Waals surface area contributed by atoms with Crippen LogP contribution < -0.4 is 0 Å². The first-order valence-corrected chi connectivity index (χ1v) is 23.1. The third-order valence-corrected chi connectivity index (χ3v) is 13.5. The van der Waals surface area contributed by atoms with Crippen molar-refractivity contribution in [3.63, 3.8) is 0 Å². The van der Waals surface area contributed by atoms with Crippen molar-refractivity contribution in [3.8, 4) is 0 Å². The van der Waals surface area contributed by atoms with Crippen LogP contribution in [0.2, 0.25) is 39.3 Å². The van der Waals surface area contributed by atoms with E-state index in [1.807, 2.05) is 6.07 Å². The molecule has 5 rings (SSSR count). The van der Waals surface area contributed by atoms with Gasteiger partial charge in [0.25, 0.3) is 0 Å². The van der Waals surface area contributed by atoms with Crippen molar-refractivity contribution >= 4 is 22.3 Å². The fraction of sp³-hybridized carbons (Fsp3) is 0.794. The number of rotatable bonds is 8. The standard InChI is InChI=1S/C34H57NO3Si2/c1-24(35-36-23-25-13-11-10-12-14-25)28-15-16-29-27-22-32(38-40(7,8)9)31-21-26(37-39(4,5)6)17-19-34(31,3)30(27)18-20-33(28,29)2/h10-14,26-32H,15-23H2,1-9H3/b35-24+/t26-,27+,28-,29+,30+,31+,32+,33-,34-/m1/s1. The van der Waals surface area contributed by atoms with Gasteiger partial charge in [-0.1, -0.05) is 49.3 Å². The molecule has 4 aliphatic rings. The molecule has 0 aliphatic heterocycles. The lowest BCUT2D eigenvalue weighted by atomic mass is 9.44. The van der Waals surface area contributed by atoms with Gasteiger partial charge in [-0.25, -0.2) is 0 Å². The first kappa shape index (κ1) is 30.5. The summed E-state index contributed by atoms with van der Waals surface area (Å²) >= 11 is 0. The van der Waals surface area contributed by atoms with E-state index in [9.17, 15) is 0 Å². The van der Waals surface area contributed by atoms with Gasteiger partial charge in [0.05, 0.1) is 5.71 Å². The number of benzene rings is 1. The van der Waals surface area contributed by atoms with Gasteiger partial charge in [0.15, 0.2) is 16.6 Å². The van der Waals surface area contributed by atoms with Gasteiger partial charge in [-0.05, 0) is 138 Å². The molecule has 4 saturated carbocycles. The Balaban J connectivity index is 1.35. The largest absolute Gasteiger partial charge is 0.415 e. The highest BCUT2D eigenvalue weighted by molar-refractivity contribution is 6.70. The van der Waals surface area contributed by atoms with Crippen LogP contribution in [0, 0.1) is 40.4 Å². The molecule has 4 nitrogen and oxygen atoms in total. The fourth-order valence-corrected chi connectivity index (χ4v) is 12.3. The minimum atomic E-state index is -1.67. The van der Waals surface area contributed by atoms with E-state index in [-0.39, 0.29) is 0 Å². The molecular formula is C34H57NO3Si2. The van der Waals surface area contributed by atoms with Crippen LogP contribution in [-0.4, -0.2) is 34.6 Å². The topological polar surface area (TPSA) is 40.0 Å². The molecule has 1 aromatic carbocycles. The minimum Gasteiger partial charge on any atom is -0.415 e. The van der Waals surface area contributed by atoms with Gasteiger partial charge in [-0.3, -0.25) is 0 Å². The normalized spacial score (nSPS) is 40.2. The lowest BCUT2D eigenvalue weighted by molar-refractivity contribution is -0.163. The van der Waals surface area contributed by atoms with Crippen LogP contribution >= 0.6 is 0 Å². The van der Waals surface area contributed by atoms with E-state index in [4.69, 9.17) is 18.8 Å². The maximum Gasteiger partial charge on any atom is 0.184 e. The van der Waals surface area contributed by atoms with Crippen LogP contribution in [0.4, 0.5) is 0 Å². The second-order valence-corrected chi connectivity index (χ2v) is 25.2. The summed E-state index contributed by atoms with van der Waals surface area (Å²) in [5, 5.41) is 4.71. The van der Waals surface area contributed by atoms with E-state index in [1.165, 1.54) is 62.6 Å². The molecule has 6 heteroatoms. The Labute approximate surface area is 247 Å². The van der Waals surface area contributed by atoms with Crippen molar-refractivity contribution < 1.29 is 13.7 Å². The highest BCUT2D eigenvalue weighted by atomic mass is 28.4. The van der Waals surface area contributed by atoms with Gasteiger partial charge < -0.3 is 13.7 Å². The molecule has 224 valence electrons. The summed E-state index contributed by atoms with van der Waals surface area (Å²) in [6, 6.07) is 10.4. The molecule has 1 aromatic rings. The molecule has 0 unspecified atom stereocenters. The number of fused-ring (bicyclic) bond motifs is 5. The SMILES string of the molecule is C/C(=N\OCc1ccccc1)[C@H]1CC[C@H]2[C@@H]3C[C@H](O[Si](C)(C)C)[C@@H]4C[C@H](O[Si](C)(C)C)CC[C@]4(C)[C@H]3CC[C@]12C. The number of hydrogen-bond acceptors (Lipinski definition) is 4. The number of nitrogens with zero attached hydrogens (tertiary/aromatic N) is 1. The number of hydrogen-bond donors (Lipinski definition) is 0. The maximum absolute atomic E-state index is 7.14. The van der Waals surface area contributed by atoms with Crippen molar-refractivity contribution in [2.45, 2.75) is 130 Å². The summed E-state index contributed by atoms with van der Waals surface area (Å²) in [6.07, 6.45) is 11.1. The summed E-state index contributed by atoms with van der Waals surface area (Å²) in [5.74, 6) is 3.50. The summed E-state index contributed by atoms with van der Waals surface area (Å²) in [5.41, 5.74) is 3.07. The van der Waals surface area contributed by atoms with Crippen molar-refractivity contribution in [1.82, 2.24) is 0 Å². The van der Waals surface area contributed by atoms with Gasteiger partial charge in [0.1, 0.15) is 6.61 Å². The van der Waals surface area contributed by atoms with E-state index in [2.05, 4.69) is 84.3 Å². The number of oxime groups is 1. The van der Waals surface area contributed by atoms with Crippen molar-refractivity contribution in [2.75, 3.05) is 0 Å². The lowest BCUT2D eigenvalue weighted by Gasteiger charge is -2.63. The van der Waals surface area contributed by atoms with E-state index in [1.54, 1.807) is 0 Å². The smallest absolute Gasteiger partial charge is 0.184 e. The van der Waals surface area contributed by atoms with Gasteiger partial charge in [-0.2, -0.15) is 0 Å².